The molecule has 6 rings (SSSR count). The minimum absolute atomic E-state index is 0.317. The molecule has 0 bridgehead atoms. The summed E-state index contributed by atoms with van der Waals surface area (Å²) in [6, 6.07) is 23.6. The highest BCUT2D eigenvalue weighted by Crippen LogP contribution is 2.29. The average molecular weight is 432 g/mol. The average Bonchev–Trinajstić information content (AvgIpc) is 3.07. The first-order chi connectivity index (χ1) is 16.1. The second kappa shape index (κ2) is 7.20. The number of nitrogens with one attached hydrogen (secondary N) is 1. The van der Waals surface area contributed by atoms with Gasteiger partial charge >= 0.3 is 0 Å². The number of hydrogen-bond acceptors (Lipinski definition) is 5. The van der Waals surface area contributed by atoms with E-state index in [1.165, 1.54) is 0 Å². The van der Waals surface area contributed by atoms with E-state index in [2.05, 4.69) is 5.32 Å². The number of para-hydroxylation sites is 2. The van der Waals surface area contributed by atoms with Crippen molar-refractivity contribution >= 4 is 56.2 Å². The van der Waals surface area contributed by atoms with Crippen molar-refractivity contribution in [1.29, 1.82) is 0 Å². The molecule has 1 aliphatic heterocycles. The molecule has 158 valence electrons. The van der Waals surface area contributed by atoms with Gasteiger partial charge in [0.2, 0.25) is 5.91 Å². The third-order valence-corrected chi connectivity index (χ3v) is 5.79. The number of rotatable bonds is 3. The number of aromatic nitrogens is 2. The second-order valence-electron chi connectivity index (χ2n) is 7.87. The van der Waals surface area contributed by atoms with Crippen LogP contribution in [0.15, 0.2) is 78.9 Å². The molecule has 1 N–H and O–H groups in total. The van der Waals surface area contributed by atoms with E-state index in [1.54, 1.807) is 30.3 Å². The molecule has 0 aliphatic carbocycles. The van der Waals surface area contributed by atoms with E-state index < -0.39 is 17.7 Å². The third kappa shape index (κ3) is 3.10. The van der Waals surface area contributed by atoms with Crippen molar-refractivity contribution in [1.82, 2.24) is 14.9 Å². The number of carbonyl (C=O) groups excluding carboxylic acids is 3. The summed E-state index contributed by atoms with van der Waals surface area (Å²) in [4.78, 5) is 48.3. The van der Waals surface area contributed by atoms with Crippen molar-refractivity contribution in [3.8, 4) is 0 Å². The molecule has 33 heavy (non-hydrogen) atoms. The van der Waals surface area contributed by atoms with Crippen LogP contribution in [0.3, 0.4) is 0 Å². The number of fused-ring (bicyclic) bond motifs is 4. The van der Waals surface area contributed by atoms with Gasteiger partial charge in [-0.1, -0.05) is 36.4 Å². The molecule has 0 atom stereocenters. The standard InChI is InChI=1S/C26H16N4O3/c31-24(14-30-25(32)16-7-1-2-8-17(16)26(30)33)29-19-11-5-6-15-12-22-23(13-18(15)19)28-21-10-4-3-9-20(21)27-22/h1-13H,14H2,(H,29,31). The molecular weight excluding hydrogens is 416 g/mol. The SMILES string of the molecule is O=C(CN1C(=O)c2ccccc2C1=O)Nc1cccc2cc3nc4ccccc4nc3cc12. The summed E-state index contributed by atoms with van der Waals surface area (Å²) in [5.41, 5.74) is 4.28. The van der Waals surface area contributed by atoms with Gasteiger partial charge in [-0.15, -0.1) is 0 Å². The Hall–Kier alpha value is -4.65. The molecule has 2 heterocycles. The Balaban J connectivity index is 1.33. The number of amides is 3. The molecule has 1 aliphatic rings. The van der Waals surface area contributed by atoms with Gasteiger partial charge in [-0.25, -0.2) is 9.97 Å². The molecule has 0 radical (unpaired) electrons. The summed E-state index contributed by atoms with van der Waals surface area (Å²) in [5.74, 6) is -1.38. The zero-order chi connectivity index (χ0) is 22.5. The summed E-state index contributed by atoms with van der Waals surface area (Å²) in [5, 5.41) is 4.54. The second-order valence-corrected chi connectivity index (χ2v) is 7.87. The van der Waals surface area contributed by atoms with Crippen LogP contribution in [-0.4, -0.2) is 39.1 Å². The van der Waals surface area contributed by atoms with Gasteiger partial charge in [0.25, 0.3) is 11.8 Å². The van der Waals surface area contributed by atoms with Crippen LogP contribution in [0.1, 0.15) is 20.7 Å². The maximum atomic E-state index is 12.8. The molecule has 3 amide bonds. The number of nitrogens with zero attached hydrogens (tertiary/aromatic N) is 3. The molecule has 0 fully saturated rings. The zero-order valence-corrected chi connectivity index (χ0v) is 17.3. The monoisotopic (exact) mass is 432 g/mol. The molecule has 0 spiro atoms. The molecule has 1 aromatic heterocycles. The topological polar surface area (TPSA) is 92.3 Å². The quantitative estimate of drug-likeness (QED) is 0.341. The Labute approximate surface area is 187 Å². The lowest BCUT2D eigenvalue weighted by Crippen LogP contribution is -2.37. The van der Waals surface area contributed by atoms with E-state index in [9.17, 15) is 14.4 Å². The van der Waals surface area contributed by atoms with Crippen LogP contribution in [0.5, 0.6) is 0 Å². The minimum atomic E-state index is -0.461. The van der Waals surface area contributed by atoms with Gasteiger partial charge in [0.05, 0.1) is 33.2 Å². The fourth-order valence-corrected chi connectivity index (χ4v) is 4.22. The highest BCUT2D eigenvalue weighted by Gasteiger charge is 2.36. The van der Waals surface area contributed by atoms with E-state index in [-0.39, 0.29) is 6.54 Å². The fraction of sp³-hybridized carbons (Fsp3) is 0.0385. The van der Waals surface area contributed by atoms with Crippen LogP contribution in [0, 0.1) is 0 Å². The Bertz CT molecular complexity index is 1610. The molecule has 5 aromatic rings. The third-order valence-electron chi connectivity index (χ3n) is 5.79. The zero-order valence-electron chi connectivity index (χ0n) is 17.3. The molecular formula is C26H16N4O3. The van der Waals surface area contributed by atoms with Crippen molar-refractivity contribution in [2.75, 3.05) is 11.9 Å². The Morgan fingerprint density at radius 3 is 2.00 bits per heavy atom. The van der Waals surface area contributed by atoms with Gasteiger partial charge in [-0.2, -0.15) is 0 Å². The normalized spacial score (nSPS) is 13.2. The Morgan fingerprint density at radius 2 is 1.33 bits per heavy atom. The molecule has 0 saturated heterocycles. The van der Waals surface area contributed by atoms with Gasteiger partial charge < -0.3 is 5.32 Å². The van der Waals surface area contributed by atoms with E-state index >= 15 is 0 Å². The van der Waals surface area contributed by atoms with Crippen LogP contribution >= 0.6 is 0 Å². The summed E-state index contributed by atoms with van der Waals surface area (Å²) >= 11 is 0. The summed E-state index contributed by atoms with van der Waals surface area (Å²) in [6.45, 7) is -0.360. The smallest absolute Gasteiger partial charge is 0.262 e. The highest BCUT2D eigenvalue weighted by molar-refractivity contribution is 6.23. The van der Waals surface area contributed by atoms with Crippen molar-refractivity contribution < 1.29 is 14.4 Å². The van der Waals surface area contributed by atoms with Crippen LogP contribution in [0.25, 0.3) is 32.8 Å². The molecule has 0 unspecified atom stereocenters. The van der Waals surface area contributed by atoms with Crippen molar-refractivity contribution in [3.63, 3.8) is 0 Å². The number of anilines is 1. The number of carbonyl (C=O) groups is 3. The number of benzene rings is 4. The predicted octanol–water partition coefficient (Wildman–Crippen LogP) is 4.17. The van der Waals surface area contributed by atoms with Crippen molar-refractivity contribution in [3.05, 3.63) is 90.0 Å². The lowest BCUT2D eigenvalue weighted by Gasteiger charge is -2.15. The summed E-state index contributed by atoms with van der Waals surface area (Å²) < 4.78 is 0. The van der Waals surface area contributed by atoms with Gasteiger partial charge in [0.1, 0.15) is 6.54 Å². The van der Waals surface area contributed by atoms with Gasteiger partial charge in [0, 0.05) is 11.1 Å². The first-order valence-corrected chi connectivity index (χ1v) is 10.4. The highest BCUT2D eigenvalue weighted by atomic mass is 16.2. The molecule has 0 saturated carbocycles. The van der Waals surface area contributed by atoms with Crippen molar-refractivity contribution in [2.24, 2.45) is 0 Å². The summed E-state index contributed by atoms with van der Waals surface area (Å²) in [6.07, 6.45) is 0. The Kier molecular flexibility index (Phi) is 4.16. The van der Waals surface area contributed by atoms with Crippen molar-refractivity contribution in [2.45, 2.75) is 0 Å². The maximum Gasteiger partial charge on any atom is 0.262 e. The molecule has 7 nitrogen and oxygen atoms in total. The largest absolute Gasteiger partial charge is 0.324 e. The van der Waals surface area contributed by atoms with Crippen LogP contribution < -0.4 is 5.32 Å². The lowest BCUT2D eigenvalue weighted by molar-refractivity contribution is -0.116. The van der Waals surface area contributed by atoms with E-state index in [1.807, 2.05) is 48.5 Å². The van der Waals surface area contributed by atoms with Gasteiger partial charge in [-0.05, 0) is 47.9 Å². The fourth-order valence-electron chi connectivity index (χ4n) is 4.22. The first-order valence-electron chi connectivity index (χ1n) is 10.4. The predicted molar refractivity (Wildman–Crippen MR) is 125 cm³/mol. The van der Waals surface area contributed by atoms with Crippen LogP contribution in [0.4, 0.5) is 5.69 Å². The molecule has 4 aromatic carbocycles. The Morgan fingerprint density at radius 1 is 0.727 bits per heavy atom. The molecule has 7 heteroatoms. The maximum absolute atomic E-state index is 12.8. The lowest BCUT2D eigenvalue weighted by atomic mass is 10.1. The van der Waals surface area contributed by atoms with Gasteiger partial charge in [0.15, 0.2) is 0 Å². The minimum Gasteiger partial charge on any atom is -0.324 e. The first kappa shape index (κ1) is 19.1. The van der Waals surface area contributed by atoms with Crippen LogP contribution in [0.2, 0.25) is 0 Å². The number of imide groups is 1. The van der Waals surface area contributed by atoms with Crippen LogP contribution in [-0.2, 0) is 4.79 Å². The number of hydrogen-bond donors (Lipinski definition) is 1. The van der Waals surface area contributed by atoms with Gasteiger partial charge in [-0.3, -0.25) is 19.3 Å². The van der Waals surface area contributed by atoms with E-state index in [0.29, 0.717) is 22.3 Å². The van der Waals surface area contributed by atoms with E-state index in [0.717, 1.165) is 32.2 Å². The summed E-state index contributed by atoms with van der Waals surface area (Å²) in [7, 11) is 0. The van der Waals surface area contributed by atoms with E-state index in [4.69, 9.17) is 9.97 Å².